The van der Waals surface area contributed by atoms with Crippen molar-refractivity contribution in [3.8, 4) is 0 Å². The average Bonchev–Trinajstić information content (AvgIpc) is 3.17. The van der Waals surface area contributed by atoms with Gasteiger partial charge in [0.05, 0.1) is 22.5 Å². The van der Waals surface area contributed by atoms with Gasteiger partial charge >= 0.3 is 0 Å². The third-order valence-electron chi connectivity index (χ3n) is 4.39. The maximum Gasteiger partial charge on any atom is 0.238 e. The number of benzene rings is 2. The highest BCUT2D eigenvalue weighted by Crippen LogP contribution is 2.21. The van der Waals surface area contributed by atoms with Gasteiger partial charge in [-0.3, -0.25) is 4.79 Å². The second kappa shape index (κ2) is 10.3. The summed E-state index contributed by atoms with van der Waals surface area (Å²) in [5, 5.41) is 4.27. The number of fused-ring (bicyclic) bond motifs is 1. The molecule has 0 unspecified atom stereocenters. The highest BCUT2D eigenvalue weighted by molar-refractivity contribution is 7.92. The Kier molecular flexibility index (Phi) is 7.77. The Balaban J connectivity index is 1.70. The molecule has 0 spiro atoms. The van der Waals surface area contributed by atoms with Crippen molar-refractivity contribution in [3.63, 3.8) is 0 Å². The summed E-state index contributed by atoms with van der Waals surface area (Å²) in [5.74, 6) is -0.957. The number of amides is 1. The first-order valence-electron chi connectivity index (χ1n) is 9.67. The van der Waals surface area contributed by atoms with Crippen molar-refractivity contribution in [1.82, 2.24) is 15.0 Å². The molecule has 0 aliphatic rings. The fourth-order valence-electron chi connectivity index (χ4n) is 2.83. The molecule has 2 aromatic carbocycles. The first-order chi connectivity index (χ1) is 15.1. The summed E-state index contributed by atoms with van der Waals surface area (Å²) in [4.78, 5) is 17.1. The van der Waals surface area contributed by atoms with Crippen LogP contribution in [-0.4, -0.2) is 45.8 Å². The van der Waals surface area contributed by atoms with E-state index in [1.165, 1.54) is 17.4 Å². The lowest BCUT2D eigenvalue weighted by Crippen LogP contribution is -2.46. The zero-order valence-corrected chi connectivity index (χ0v) is 19.7. The van der Waals surface area contributed by atoms with Gasteiger partial charge in [-0.1, -0.05) is 42.5 Å². The van der Waals surface area contributed by atoms with E-state index in [0.29, 0.717) is 10.6 Å². The second-order valence-electron chi connectivity index (χ2n) is 7.14. The first-order valence-corrected chi connectivity index (χ1v) is 14.1. The van der Waals surface area contributed by atoms with E-state index in [9.17, 15) is 21.6 Å². The standard InChI is InChI=1S/C21H23N3O5S3/c1-31(26,27)13-12-18(24-32(28,29)14-11-16-7-3-2-4-8-16)21(25)22-15-20-23-17-9-5-6-10-19(17)30-20/h2-11,14,18,24H,12-13,15H2,1H3,(H,22,25)/b14-11+/t18-/m0/s1. The number of sulfone groups is 1. The molecule has 0 bridgehead atoms. The summed E-state index contributed by atoms with van der Waals surface area (Å²) in [6, 6.07) is 15.1. The maximum absolute atomic E-state index is 12.7. The smallest absolute Gasteiger partial charge is 0.238 e. The number of carbonyl (C=O) groups is 1. The monoisotopic (exact) mass is 493 g/mol. The van der Waals surface area contributed by atoms with E-state index in [2.05, 4.69) is 15.0 Å². The van der Waals surface area contributed by atoms with Crippen LogP contribution in [-0.2, 0) is 31.2 Å². The molecule has 2 N–H and O–H groups in total. The van der Waals surface area contributed by atoms with E-state index < -0.39 is 31.8 Å². The van der Waals surface area contributed by atoms with Gasteiger partial charge < -0.3 is 5.32 Å². The number of aromatic nitrogens is 1. The Hall–Kier alpha value is -2.60. The molecule has 0 saturated carbocycles. The van der Waals surface area contributed by atoms with Crippen LogP contribution in [0.25, 0.3) is 16.3 Å². The number of nitrogens with zero attached hydrogens (tertiary/aromatic N) is 1. The van der Waals surface area contributed by atoms with E-state index in [-0.39, 0.29) is 18.7 Å². The Bertz CT molecular complexity index is 1280. The fraction of sp³-hybridized carbons (Fsp3) is 0.238. The van der Waals surface area contributed by atoms with E-state index in [4.69, 9.17) is 0 Å². The van der Waals surface area contributed by atoms with Crippen molar-refractivity contribution in [2.75, 3.05) is 12.0 Å². The highest BCUT2D eigenvalue weighted by atomic mass is 32.2. The number of para-hydroxylation sites is 1. The van der Waals surface area contributed by atoms with E-state index >= 15 is 0 Å². The Morgan fingerprint density at radius 2 is 1.75 bits per heavy atom. The minimum atomic E-state index is -3.99. The van der Waals surface area contributed by atoms with E-state index in [1.54, 1.807) is 30.3 Å². The summed E-state index contributed by atoms with van der Waals surface area (Å²) in [6.07, 6.45) is 2.24. The predicted octanol–water partition coefficient (Wildman–Crippen LogP) is 2.31. The normalized spacial score (nSPS) is 13.4. The second-order valence-corrected chi connectivity index (χ2v) is 12.1. The van der Waals surface area contributed by atoms with Crippen LogP contribution in [0.4, 0.5) is 0 Å². The number of hydrogen-bond donors (Lipinski definition) is 2. The van der Waals surface area contributed by atoms with Crippen molar-refractivity contribution in [2.24, 2.45) is 0 Å². The third-order valence-corrected chi connectivity index (χ3v) is 7.51. The van der Waals surface area contributed by atoms with Gasteiger partial charge in [-0.2, -0.15) is 4.72 Å². The van der Waals surface area contributed by atoms with Crippen LogP contribution in [0.3, 0.4) is 0 Å². The molecule has 0 saturated heterocycles. The predicted molar refractivity (Wildman–Crippen MR) is 127 cm³/mol. The summed E-state index contributed by atoms with van der Waals surface area (Å²) in [7, 11) is -7.39. The molecule has 8 nitrogen and oxygen atoms in total. The molecule has 3 rings (SSSR count). The third kappa shape index (κ3) is 7.52. The first kappa shape index (κ1) is 24.1. The average molecular weight is 494 g/mol. The van der Waals surface area contributed by atoms with Crippen LogP contribution >= 0.6 is 11.3 Å². The van der Waals surface area contributed by atoms with Crippen LogP contribution in [0, 0.1) is 0 Å². The molecule has 0 radical (unpaired) electrons. The Morgan fingerprint density at radius 3 is 2.44 bits per heavy atom. The molecular weight excluding hydrogens is 470 g/mol. The van der Waals surface area contributed by atoms with E-state index in [1.807, 2.05) is 24.3 Å². The largest absolute Gasteiger partial charge is 0.348 e. The van der Waals surface area contributed by atoms with Gasteiger partial charge in [0.25, 0.3) is 0 Å². The molecule has 0 aliphatic carbocycles. The van der Waals surface area contributed by atoms with Crippen LogP contribution in [0.5, 0.6) is 0 Å². The summed E-state index contributed by atoms with van der Waals surface area (Å²) < 4.78 is 51.4. The lowest BCUT2D eigenvalue weighted by atomic mass is 10.2. The van der Waals surface area contributed by atoms with Crippen molar-refractivity contribution in [3.05, 3.63) is 70.6 Å². The molecule has 1 atom stereocenters. The molecule has 1 heterocycles. The molecule has 1 amide bonds. The summed E-state index contributed by atoms with van der Waals surface area (Å²) in [6.45, 7) is 0.106. The van der Waals surface area contributed by atoms with Gasteiger partial charge in [0, 0.05) is 11.7 Å². The lowest BCUT2D eigenvalue weighted by molar-refractivity contribution is -0.122. The SMILES string of the molecule is CS(=O)(=O)CC[C@H](NS(=O)(=O)/C=C/c1ccccc1)C(=O)NCc1nc2ccccc2s1. The highest BCUT2D eigenvalue weighted by Gasteiger charge is 2.24. The van der Waals surface area contributed by atoms with Crippen molar-refractivity contribution >= 4 is 53.4 Å². The van der Waals surface area contributed by atoms with Gasteiger partial charge in [-0.15, -0.1) is 11.3 Å². The molecule has 170 valence electrons. The number of rotatable bonds is 10. The van der Waals surface area contributed by atoms with Crippen molar-refractivity contribution in [1.29, 1.82) is 0 Å². The van der Waals surface area contributed by atoms with Gasteiger partial charge in [0.15, 0.2) is 0 Å². The van der Waals surface area contributed by atoms with E-state index in [0.717, 1.165) is 21.9 Å². The molecule has 0 fully saturated rings. The van der Waals surface area contributed by atoms with Gasteiger partial charge in [0.2, 0.25) is 15.9 Å². The summed E-state index contributed by atoms with van der Waals surface area (Å²) >= 11 is 1.42. The number of carbonyl (C=O) groups excluding carboxylic acids is 1. The molecule has 0 aliphatic heterocycles. The van der Waals surface area contributed by atoms with Crippen LogP contribution in [0.2, 0.25) is 0 Å². The summed E-state index contributed by atoms with van der Waals surface area (Å²) in [5.41, 5.74) is 1.48. The van der Waals surface area contributed by atoms with Gasteiger partial charge in [0.1, 0.15) is 20.9 Å². The maximum atomic E-state index is 12.7. The van der Waals surface area contributed by atoms with Gasteiger partial charge in [-0.05, 0) is 30.2 Å². The van der Waals surface area contributed by atoms with Crippen LogP contribution in [0.15, 0.2) is 60.0 Å². The molecule has 11 heteroatoms. The molecular formula is C21H23N3O5S3. The fourth-order valence-corrected chi connectivity index (χ4v) is 5.43. The molecule has 1 aromatic heterocycles. The molecule has 32 heavy (non-hydrogen) atoms. The van der Waals surface area contributed by atoms with Crippen molar-refractivity contribution < 1.29 is 21.6 Å². The van der Waals surface area contributed by atoms with Crippen LogP contribution < -0.4 is 10.0 Å². The minimum Gasteiger partial charge on any atom is -0.348 e. The Morgan fingerprint density at radius 1 is 1.06 bits per heavy atom. The molecule has 3 aromatic rings. The lowest BCUT2D eigenvalue weighted by Gasteiger charge is -2.16. The quantitative estimate of drug-likeness (QED) is 0.447. The Labute approximate surface area is 191 Å². The topological polar surface area (TPSA) is 122 Å². The zero-order chi connectivity index (χ0) is 23.2. The number of sulfonamides is 1. The van der Waals surface area contributed by atoms with Gasteiger partial charge in [-0.25, -0.2) is 21.8 Å². The van der Waals surface area contributed by atoms with Crippen molar-refractivity contribution in [2.45, 2.75) is 19.0 Å². The number of thiazole rings is 1. The number of nitrogens with one attached hydrogen (secondary N) is 2. The zero-order valence-electron chi connectivity index (χ0n) is 17.3. The number of hydrogen-bond acceptors (Lipinski definition) is 7. The minimum absolute atomic E-state index is 0.106. The van der Waals surface area contributed by atoms with Crippen LogP contribution in [0.1, 0.15) is 17.0 Å².